The number of nitro groups is 1. The third-order valence-corrected chi connectivity index (χ3v) is 2.38. The summed E-state index contributed by atoms with van der Waals surface area (Å²) >= 11 is 5.61. The van der Waals surface area contributed by atoms with Gasteiger partial charge >= 0.3 is 0 Å². The molecule has 7 nitrogen and oxygen atoms in total. The highest BCUT2D eigenvalue weighted by Gasteiger charge is 2.15. The van der Waals surface area contributed by atoms with Gasteiger partial charge in [-0.3, -0.25) is 19.7 Å². The lowest BCUT2D eigenvalue weighted by atomic mass is 10.2. The summed E-state index contributed by atoms with van der Waals surface area (Å²) in [5.41, 5.74) is 4.65. The monoisotopic (exact) mass is 271 g/mol. The van der Waals surface area contributed by atoms with Crippen molar-refractivity contribution in [2.75, 3.05) is 6.54 Å². The Morgan fingerprint density at radius 1 is 1.44 bits per heavy atom. The van der Waals surface area contributed by atoms with Gasteiger partial charge in [0.05, 0.1) is 4.92 Å². The maximum Gasteiger partial charge on any atom is 0.288 e. The minimum atomic E-state index is -0.678. The van der Waals surface area contributed by atoms with Crippen LogP contribution in [0.2, 0.25) is 5.02 Å². The predicted octanol–water partition coefficient (Wildman–Crippen LogP) is 0.853. The predicted molar refractivity (Wildman–Crippen MR) is 64.3 cm³/mol. The maximum absolute atomic E-state index is 11.6. The highest BCUT2D eigenvalue weighted by molar-refractivity contribution is 6.32. The lowest BCUT2D eigenvalue weighted by Crippen LogP contribution is -2.27. The molecule has 96 valence electrons. The summed E-state index contributed by atoms with van der Waals surface area (Å²) in [7, 11) is 0. The van der Waals surface area contributed by atoms with Crippen molar-refractivity contribution in [1.29, 1.82) is 0 Å². The number of nitrogens with zero attached hydrogens (tertiary/aromatic N) is 1. The van der Waals surface area contributed by atoms with Gasteiger partial charge in [-0.15, -0.1) is 0 Å². The molecule has 18 heavy (non-hydrogen) atoms. The van der Waals surface area contributed by atoms with E-state index < -0.39 is 16.7 Å². The molecule has 0 aliphatic heterocycles. The quantitative estimate of drug-likeness (QED) is 0.610. The van der Waals surface area contributed by atoms with Crippen LogP contribution in [-0.4, -0.2) is 23.3 Å². The number of carbonyl (C=O) groups is 2. The van der Waals surface area contributed by atoms with Gasteiger partial charge in [0.2, 0.25) is 5.91 Å². The van der Waals surface area contributed by atoms with Crippen molar-refractivity contribution in [3.05, 3.63) is 38.9 Å². The molecule has 0 aliphatic rings. The number of hydrogen-bond donors (Lipinski definition) is 2. The van der Waals surface area contributed by atoms with Crippen molar-refractivity contribution >= 4 is 29.1 Å². The van der Waals surface area contributed by atoms with Crippen LogP contribution < -0.4 is 11.1 Å². The summed E-state index contributed by atoms with van der Waals surface area (Å²) in [4.78, 5) is 32.0. The number of nitrogens with one attached hydrogen (secondary N) is 1. The van der Waals surface area contributed by atoms with Crippen LogP contribution in [0.1, 0.15) is 16.8 Å². The molecule has 0 aromatic heterocycles. The molecule has 0 bridgehead atoms. The van der Waals surface area contributed by atoms with Gasteiger partial charge in [0.25, 0.3) is 11.6 Å². The van der Waals surface area contributed by atoms with E-state index in [-0.39, 0.29) is 29.2 Å². The van der Waals surface area contributed by atoms with Gasteiger partial charge in [0.15, 0.2) is 0 Å². The zero-order valence-corrected chi connectivity index (χ0v) is 9.94. The number of nitro benzene ring substituents is 1. The van der Waals surface area contributed by atoms with Crippen molar-refractivity contribution in [3.8, 4) is 0 Å². The molecule has 3 N–H and O–H groups in total. The number of benzene rings is 1. The lowest BCUT2D eigenvalue weighted by molar-refractivity contribution is -0.384. The molecule has 1 aromatic rings. The summed E-state index contributed by atoms with van der Waals surface area (Å²) in [5.74, 6) is -1.08. The second-order valence-corrected chi connectivity index (χ2v) is 3.80. The van der Waals surface area contributed by atoms with Gasteiger partial charge in [-0.1, -0.05) is 11.6 Å². The second kappa shape index (κ2) is 5.97. The first-order valence-electron chi connectivity index (χ1n) is 4.92. The number of primary amides is 1. The number of nitrogens with two attached hydrogens (primary N) is 1. The molecule has 2 amide bonds. The van der Waals surface area contributed by atoms with Crippen LogP contribution in [0.5, 0.6) is 0 Å². The van der Waals surface area contributed by atoms with Crippen molar-refractivity contribution in [2.24, 2.45) is 5.73 Å². The average molecular weight is 272 g/mol. The fraction of sp³-hybridized carbons (Fsp3) is 0.200. The molecular formula is C10H10ClN3O4. The van der Waals surface area contributed by atoms with Gasteiger partial charge in [0, 0.05) is 24.6 Å². The maximum atomic E-state index is 11.6. The van der Waals surface area contributed by atoms with E-state index in [4.69, 9.17) is 17.3 Å². The van der Waals surface area contributed by atoms with E-state index in [9.17, 15) is 19.7 Å². The molecule has 0 saturated heterocycles. The third kappa shape index (κ3) is 3.70. The molecule has 0 saturated carbocycles. The van der Waals surface area contributed by atoms with E-state index in [1.165, 1.54) is 12.1 Å². The fourth-order valence-corrected chi connectivity index (χ4v) is 1.38. The van der Waals surface area contributed by atoms with E-state index in [1.54, 1.807) is 0 Å². The summed E-state index contributed by atoms with van der Waals surface area (Å²) in [6, 6.07) is 3.69. The molecular weight excluding hydrogens is 262 g/mol. The molecule has 0 aliphatic carbocycles. The third-order valence-electron chi connectivity index (χ3n) is 2.06. The minimum Gasteiger partial charge on any atom is -0.370 e. The van der Waals surface area contributed by atoms with Gasteiger partial charge < -0.3 is 11.1 Å². The first-order chi connectivity index (χ1) is 8.41. The first-order valence-corrected chi connectivity index (χ1v) is 5.30. The lowest BCUT2D eigenvalue weighted by Gasteiger charge is -2.04. The summed E-state index contributed by atoms with van der Waals surface area (Å²) < 4.78 is 0. The van der Waals surface area contributed by atoms with Crippen molar-refractivity contribution in [1.82, 2.24) is 5.32 Å². The Labute approximate surface area is 107 Å². The van der Waals surface area contributed by atoms with Gasteiger partial charge in [-0.25, -0.2) is 0 Å². The number of halogens is 1. The number of hydrogen-bond acceptors (Lipinski definition) is 4. The number of amides is 2. The van der Waals surface area contributed by atoms with Gasteiger partial charge in [-0.05, 0) is 12.1 Å². The molecule has 0 fully saturated rings. The Morgan fingerprint density at radius 3 is 2.67 bits per heavy atom. The smallest absolute Gasteiger partial charge is 0.288 e. The van der Waals surface area contributed by atoms with E-state index in [2.05, 4.69) is 5.32 Å². The molecule has 8 heteroatoms. The van der Waals surface area contributed by atoms with E-state index in [1.807, 2.05) is 0 Å². The zero-order valence-electron chi connectivity index (χ0n) is 9.18. The topological polar surface area (TPSA) is 115 Å². The molecule has 0 radical (unpaired) electrons. The fourth-order valence-electron chi connectivity index (χ4n) is 1.20. The molecule has 1 rings (SSSR count). The summed E-state index contributed by atoms with van der Waals surface area (Å²) in [5, 5.41) is 13.0. The minimum absolute atomic E-state index is 0.00141. The molecule has 0 spiro atoms. The molecule has 1 aromatic carbocycles. The van der Waals surface area contributed by atoms with E-state index in [0.717, 1.165) is 6.07 Å². The molecule has 0 heterocycles. The van der Waals surface area contributed by atoms with Gasteiger partial charge in [0.1, 0.15) is 5.02 Å². The van der Waals surface area contributed by atoms with Crippen LogP contribution in [0.15, 0.2) is 18.2 Å². The zero-order chi connectivity index (χ0) is 13.7. The Bertz CT molecular complexity index is 504. The summed E-state index contributed by atoms with van der Waals surface area (Å²) in [6.07, 6.45) is 0.00141. The Hall–Kier alpha value is -2.15. The highest BCUT2D eigenvalue weighted by Crippen LogP contribution is 2.24. The SMILES string of the molecule is NC(=O)CCNC(=O)c1ccc(Cl)c([N+](=O)[O-])c1. The van der Waals surface area contributed by atoms with Crippen molar-refractivity contribution in [2.45, 2.75) is 6.42 Å². The Morgan fingerprint density at radius 2 is 2.11 bits per heavy atom. The average Bonchev–Trinajstić information content (AvgIpc) is 2.28. The van der Waals surface area contributed by atoms with Crippen LogP contribution in [0, 0.1) is 10.1 Å². The normalized spacial score (nSPS) is 9.83. The van der Waals surface area contributed by atoms with Crippen LogP contribution in [0.3, 0.4) is 0 Å². The summed E-state index contributed by atoms with van der Waals surface area (Å²) in [6.45, 7) is 0.0740. The highest BCUT2D eigenvalue weighted by atomic mass is 35.5. The first kappa shape index (κ1) is 13.9. The Balaban J connectivity index is 2.77. The molecule has 0 atom stereocenters. The molecule has 0 unspecified atom stereocenters. The van der Waals surface area contributed by atoms with Crippen molar-refractivity contribution < 1.29 is 14.5 Å². The van der Waals surface area contributed by atoms with Gasteiger partial charge in [-0.2, -0.15) is 0 Å². The van der Waals surface area contributed by atoms with Crippen LogP contribution in [0.4, 0.5) is 5.69 Å². The number of carbonyl (C=O) groups excluding carboxylic acids is 2. The number of rotatable bonds is 5. The van der Waals surface area contributed by atoms with Crippen LogP contribution >= 0.6 is 11.6 Å². The van der Waals surface area contributed by atoms with Crippen LogP contribution in [-0.2, 0) is 4.79 Å². The van der Waals surface area contributed by atoms with Crippen molar-refractivity contribution in [3.63, 3.8) is 0 Å². The Kier molecular flexibility index (Phi) is 4.61. The standard InChI is InChI=1S/C10H10ClN3O4/c11-7-2-1-6(5-8(7)14(17)18)10(16)13-4-3-9(12)15/h1-2,5H,3-4H2,(H2,12,15)(H,13,16). The van der Waals surface area contributed by atoms with E-state index >= 15 is 0 Å². The largest absolute Gasteiger partial charge is 0.370 e. The van der Waals surface area contributed by atoms with E-state index in [0.29, 0.717) is 0 Å². The second-order valence-electron chi connectivity index (χ2n) is 3.40. The van der Waals surface area contributed by atoms with Crippen LogP contribution in [0.25, 0.3) is 0 Å².